The summed E-state index contributed by atoms with van der Waals surface area (Å²) in [6.45, 7) is 6.17. The number of pyridine rings is 1. The molecule has 4 heteroatoms. The number of esters is 1. The van der Waals surface area contributed by atoms with Gasteiger partial charge < -0.3 is 4.74 Å². The van der Waals surface area contributed by atoms with E-state index in [2.05, 4.69) is 34.7 Å². The molecule has 164 valence electrons. The Hall–Kier alpha value is -2.20. The Morgan fingerprint density at radius 2 is 2.06 bits per heavy atom. The standard InChI is InChI=1S/C27H34N2O2/c1-2-20-18-29-16-14-21(20)17-25(29)27(31-26(30)12-11-19-7-3-4-8-19)23-13-15-28-24-10-6-5-9-22(23)24/h2,5-6,9-10,13,15,19-21,25,27H,1,3-4,7-8,11-12,14,16-18H2/t20?,21?,25?,27-/m0/s1. The lowest BCUT2D eigenvalue weighted by Crippen LogP contribution is -2.55. The molecule has 0 N–H and O–H groups in total. The highest BCUT2D eigenvalue weighted by Gasteiger charge is 2.44. The third kappa shape index (κ3) is 4.27. The van der Waals surface area contributed by atoms with Gasteiger partial charge in [0.05, 0.1) is 11.6 Å². The molecule has 4 nitrogen and oxygen atoms in total. The third-order valence-electron chi connectivity index (χ3n) is 7.98. The van der Waals surface area contributed by atoms with Gasteiger partial charge in [-0.3, -0.25) is 14.7 Å². The highest BCUT2D eigenvalue weighted by atomic mass is 16.5. The van der Waals surface area contributed by atoms with Crippen molar-refractivity contribution in [3.05, 3.63) is 54.7 Å². The molecular weight excluding hydrogens is 384 g/mol. The van der Waals surface area contributed by atoms with Crippen molar-refractivity contribution >= 4 is 16.9 Å². The number of aromatic nitrogens is 1. The van der Waals surface area contributed by atoms with Gasteiger partial charge in [-0.2, -0.15) is 0 Å². The predicted molar refractivity (Wildman–Crippen MR) is 124 cm³/mol. The Morgan fingerprint density at radius 3 is 2.84 bits per heavy atom. The maximum atomic E-state index is 13.0. The summed E-state index contributed by atoms with van der Waals surface area (Å²) in [5, 5.41) is 1.10. The summed E-state index contributed by atoms with van der Waals surface area (Å²) in [4.78, 5) is 20.1. The Bertz CT molecular complexity index is 930. The minimum absolute atomic E-state index is 0.0410. The average molecular weight is 419 g/mol. The van der Waals surface area contributed by atoms with Crippen molar-refractivity contribution < 1.29 is 9.53 Å². The molecule has 31 heavy (non-hydrogen) atoms. The number of para-hydroxylation sites is 1. The summed E-state index contributed by atoms with van der Waals surface area (Å²) in [6, 6.07) is 10.5. The number of benzene rings is 1. The van der Waals surface area contributed by atoms with Crippen LogP contribution in [0.15, 0.2) is 49.2 Å². The van der Waals surface area contributed by atoms with Crippen LogP contribution in [0.1, 0.15) is 63.0 Å². The topological polar surface area (TPSA) is 42.4 Å². The SMILES string of the molecule is C=CC1CN2CCC1CC2[C@@H](OC(=O)CCC1CCCC1)c1ccnc2ccccc12. The van der Waals surface area contributed by atoms with Gasteiger partial charge in [-0.15, -0.1) is 6.58 Å². The molecule has 1 aromatic heterocycles. The molecule has 6 rings (SSSR count). The quantitative estimate of drug-likeness (QED) is 0.428. The van der Waals surface area contributed by atoms with Crippen molar-refractivity contribution in [2.75, 3.05) is 13.1 Å². The van der Waals surface area contributed by atoms with Crippen LogP contribution in [0.4, 0.5) is 0 Å². The molecule has 3 aliphatic heterocycles. The molecule has 2 bridgehead atoms. The number of nitrogens with zero attached hydrogens (tertiary/aromatic N) is 2. The van der Waals surface area contributed by atoms with Gasteiger partial charge in [-0.05, 0) is 55.7 Å². The van der Waals surface area contributed by atoms with Crippen LogP contribution in [0.25, 0.3) is 10.9 Å². The Balaban J connectivity index is 1.41. The lowest BCUT2D eigenvalue weighted by atomic mass is 9.73. The van der Waals surface area contributed by atoms with Crippen molar-refractivity contribution in [2.24, 2.45) is 17.8 Å². The van der Waals surface area contributed by atoms with Gasteiger partial charge in [-0.25, -0.2) is 0 Å². The van der Waals surface area contributed by atoms with E-state index in [0.29, 0.717) is 24.2 Å². The Labute approximate surface area is 185 Å². The molecule has 2 aromatic rings. The van der Waals surface area contributed by atoms with Crippen molar-refractivity contribution in [1.29, 1.82) is 0 Å². The fourth-order valence-electron chi connectivity index (χ4n) is 6.23. The summed E-state index contributed by atoms with van der Waals surface area (Å²) in [6.07, 6.45) is 12.7. The summed E-state index contributed by atoms with van der Waals surface area (Å²) in [5.41, 5.74) is 2.07. The summed E-state index contributed by atoms with van der Waals surface area (Å²) < 4.78 is 6.33. The predicted octanol–water partition coefficient (Wildman–Crippen LogP) is 5.69. The first kappa shape index (κ1) is 20.7. The molecular formula is C27H34N2O2. The number of carbonyl (C=O) groups is 1. The highest BCUT2D eigenvalue weighted by molar-refractivity contribution is 5.82. The van der Waals surface area contributed by atoms with Gasteiger partial charge in [-0.1, -0.05) is 50.0 Å². The first-order valence-corrected chi connectivity index (χ1v) is 12.1. The number of fused-ring (bicyclic) bond motifs is 4. The van der Waals surface area contributed by atoms with E-state index in [4.69, 9.17) is 4.74 Å². The molecule has 5 atom stereocenters. The van der Waals surface area contributed by atoms with Gasteiger partial charge in [0.1, 0.15) is 6.10 Å². The van der Waals surface area contributed by atoms with E-state index in [0.717, 1.165) is 42.4 Å². The molecule has 1 aliphatic carbocycles. The van der Waals surface area contributed by atoms with Crippen LogP contribution in [0.2, 0.25) is 0 Å². The number of carbonyl (C=O) groups excluding carboxylic acids is 1. The van der Waals surface area contributed by atoms with Crippen LogP contribution < -0.4 is 0 Å². The highest BCUT2D eigenvalue weighted by Crippen LogP contribution is 2.43. The van der Waals surface area contributed by atoms with Gasteiger partial charge >= 0.3 is 5.97 Å². The summed E-state index contributed by atoms with van der Waals surface area (Å²) in [7, 11) is 0. The van der Waals surface area contributed by atoms with Crippen LogP contribution in [0.5, 0.6) is 0 Å². The van der Waals surface area contributed by atoms with Gasteiger partial charge in [0, 0.05) is 30.1 Å². The van der Waals surface area contributed by atoms with Gasteiger partial charge in [0.25, 0.3) is 0 Å². The zero-order valence-electron chi connectivity index (χ0n) is 18.4. The minimum Gasteiger partial charge on any atom is -0.456 e. The minimum atomic E-state index is -0.238. The second-order valence-electron chi connectivity index (χ2n) is 9.76. The number of hydrogen-bond donors (Lipinski definition) is 0. The largest absolute Gasteiger partial charge is 0.456 e. The zero-order chi connectivity index (χ0) is 21.2. The monoisotopic (exact) mass is 418 g/mol. The second-order valence-corrected chi connectivity index (χ2v) is 9.76. The van der Waals surface area contributed by atoms with Crippen molar-refractivity contribution in [2.45, 2.75) is 63.5 Å². The van der Waals surface area contributed by atoms with Crippen LogP contribution in [-0.4, -0.2) is 35.0 Å². The first-order chi connectivity index (χ1) is 15.2. The van der Waals surface area contributed by atoms with E-state index in [1.165, 1.54) is 32.1 Å². The second kappa shape index (κ2) is 9.12. The van der Waals surface area contributed by atoms with Gasteiger partial charge in [0.2, 0.25) is 0 Å². The molecule has 3 saturated heterocycles. The molecule has 1 saturated carbocycles. The van der Waals surface area contributed by atoms with Gasteiger partial charge in [0.15, 0.2) is 0 Å². The Morgan fingerprint density at radius 1 is 1.23 bits per heavy atom. The van der Waals surface area contributed by atoms with Crippen LogP contribution in [-0.2, 0) is 9.53 Å². The van der Waals surface area contributed by atoms with E-state index in [-0.39, 0.29) is 18.1 Å². The zero-order valence-corrected chi connectivity index (χ0v) is 18.4. The van der Waals surface area contributed by atoms with E-state index >= 15 is 0 Å². The lowest BCUT2D eigenvalue weighted by molar-refractivity contribution is -0.157. The summed E-state index contributed by atoms with van der Waals surface area (Å²) in [5.74, 6) is 1.86. The number of ether oxygens (including phenoxy) is 1. The maximum Gasteiger partial charge on any atom is 0.306 e. The maximum absolute atomic E-state index is 13.0. The third-order valence-corrected chi connectivity index (χ3v) is 7.98. The molecule has 1 aromatic carbocycles. The van der Waals surface area contributed by atoms with Crippen LogP contribution in [0.3, 0.4) is 0 Å². The molecule has 0 radical (unpaired) electrons. The molecule has 0 spiro atoms. The molecule has 0 amide bonds. The van der Waals surface area contributed by atoms with E-state index in [1.807, 2.05) is 24.4 Å². The number of rotatable bonds is 7. The van der Waals surface area contributed by atoms with E-state index in [9.17, 15) is 4.79 Å². The number of piperidine rings is 3. The molecule has 4 unspecified atom stereocenters. The lowest BCUT2D eigenvalue weighted by Gasteiger charge is -2.51. The van der Waals surface area contributed by atoms with Crippen LogP contribution in [0, 0.1) is 17.8 Å². The smallest absolute Gasteiger partial charge is 0.306 e. The normalized spacial score (nSPS) is 29.2. The van der Waals surface area contributed by atoms with E-state index in [1.54, 1.807) is 0 Å². The molecule has 4 aliphatic rings. The fourth-order valence-corrected chi connectivity index (χ4v) is 6.23. The number of hydrogen-bond acceptors (Lipinski definition) is 4. The van der Waals surface area contributed by atoms with Crippen molar-refractivity contribution in [1.82, 2.24) is 9.88 Å². The summed E-state index contributed by atoms with van der Waals surface area (Å²) >= 11 is 0. The fraction of sp³-hybridized carbons (Fsp3) is 0.556. The van der Waals surface area contributed by atoms with Crippen molar-refractivity contribution in [3.63, 3.8) is 0 Å². The van der Waals surface area contributed by atoms with Crippen molar-refractivity contribution in [3.8, 4) is 0 Å². The van der Waals surface area contributed by atoms with Crippen LogP contribution >= 0.6 is 0 Å². The molecule has 4 heterocycles. The first-order valence-electron chi connectivity index (χ1n) is 12.1. The molecule has 4 fully saturated rings. The average Bonchev–Trinajstić information content (AvgIpc) is 3.35. The van der Waals surface area contributed by atoms with E-state index < -0.39 is 0 Å². The Kier molecular flexibility index (Phi) is 6.08.